The van der Waals surface area contributed by atoms with Gasteiger partial charge >= 0.3 is 0 Å². The summed E-state index contributed by atoms with van der Waals surface area (Å²) in [7, 11) is -8.18. The lowest BCUT2D eigenvalue weighted by Crippen LogP contribution is -2.24. The maximum Gasteiger partial charge on any atom is 0.240 e. The maximum atomic E-state index is 14.4. The molecule has 4 rings (SSSR count). The Balaban J connectivity index is 1.73. The summed E-state index contributed by atoms with van der Waals surface area (Å²) in [5.74, 6) is -1.44. The van der Waals surface area contributed by atoms with Gasteiger partial charge in [0.1, 0.15) is 11.6 Å². The molecule has 3 aromatic carbocycles. The van der Waals surface area contributed by atoms with Crippen molar-refractivity contribution in [3.05, 3.63) is 118 Å². The van der Waals surface area contributed by atoms with Crippen LogP contribution >= 0.6 is 11.6 Å². The van der Waals surface area contributed by atoms with Gasteiger partial charge < -0.3 is 0 Å². The third-order valence-corrected chi connectivity index (χ3v) is 8.86. The van der Waals surface area contributed by atoms with Gasteiger partial charge in [-0.2, -0.15) is 5.26 Å². The number of sulfonamides is 1. The van der Waals surface area contributed by atoms with Crippen LogP contribution in [0.15, 0.2) is 93.7 Å². The van der Waals surface area contributed by atoms with Crippen molar-refractivity contribution in [2.45, 2.75) is 27.8 Å². The van der Waals surface area contributed by atoms with Gasteiger partial charge in [-0.3, -0.25) is 0 Å². The lowest BCUT2D eigenvalue weighted by atomic mass is 10.0. The Labute approximate surface area is 223 Å². The summed E-state index contributed by atoms with van der Waals surface area (Å²) in [4.78, 5) is 3.99. The van der Waals surface area contributed by atoms with E-state index in [0.717, 1.165) is 18.2 Å². The van der Waals surface area contributed by atoms with E-state index in [4.69, 9.17) is 16.9 Å². The molecule has 1 N–H and O–H groups in total. The van der Waals surface area contributed by atoms with Crippen molar-refractivity contribution in [1.29, 1.82) is 5.26 Å². The zero-order valence-electron chi connectivity index (χ0n) is 19.4. The highest BCUT2D eigenvalue weighted by Crippen LogP contribution is 2.24. The SMILES string of the molecule is N#Cc1cccc(S(=O)(=O)NCc2ccc(S(=O)(=O)c3ccc(Cl)cc3)nc2Cc2cc(F)ccc2F)c1. The van der Waals surface area contributed by atoms with E-state index in [-0.39, 0.29) is 50.2 Å². The Hall–Kier alpha value is -3.69. The van der Waals surface area contributed by atoms with Gasteiger partial charge in [-0.15, -0.1) is 0 Å². The van der Waals surface area contributed by atoms with Crippen molar-refractivity contribution in [3.8, 4) is 6.07 Å². The Kier molecular flexibility index (Phi) is 7.89. The number of nitrogens with one attached hydrogen (secondary N) is 1. The molecule has 0 amide bonds. The van der Waals surface area contributed by atoms with Gasteiger partial charge in [0.2, 0.25) is 19.9 Å². The van der Waals surface area contributed by atoms with Gasteiger partial charge in [0.25, 0.3) is 0 Å². The van der Waals surface area contributed by atoms with Crippen molar-refractivity contribution >= 4 is 31.5 Å². The molecule has 0 aliphatic heterocycles. The third-order valence-electron chi connectivity index (χ3n) is 5.53. The normalized spacial score (nSPS) is 11.7. The van der Waals surface area contributed by atoms with Crippen molar-refractivity contribution in [2.24, 2.45) is 0 Å². The number of hydrogen-bond donors (Lipinski definition) is 1. The lowest BCUT2D eigenvalue weighted by Gasteiger charge is -2.14. The topological polar surface area (TPSA) is 117 Å². The summed E-state index contributed by atoms with van der Waals surface area (Å²) in [6, 6.07) is 18.1. The minimum absolute atomic E-state index is 0.0259. The Morgan fingerprint density at radius 2 is 1.61 bits per heavy atom. The van der Waals surface area contributed by atoms with E-state index < -0.39 is 31.5 Å². The minimum atomic E-state index is -4.11. The van der Waals surface area contributed by atoms with E-state index in [1.165, 1.54) is 60.7 Å². The average molecular weight is 574 g/mol. The van der Waals surface area contributed by atoms with Gasteiger partial charge in [-0.05, 0) is 77.9 Å². The van der Waals surface area contributed by atoms with Crippen LogP contribution in [0.1, 0.15) is 22.4 Å². The zero-order chi connectivity index (χ0) is 27.5. The Morgan fingerprint density at radius 1 is 0.868 bits per heavy atom. The predicted molar refractivity (Wildman–Crippen MR) is 135 cm³/mol. The fraction of sp³-hybridized carbons (Fsp3) is 0.0769. The molecule has 0 unspecified atom stereocenters. The fourth-order valence-corrected chi connectivity index (χ4v) is 5.95. The van der Waals surface area contributed by atoms with E-state index in [1.807, 2.05) is 6.07 Å². The summed E-state index contributed by atoms with van der Waals surface area (Å²) in [5, 5.41) is 9.03. The standard InChI is InChI=1S/C26H18ClF2N3O4S2/c27-20-5-8-22(9-6-20)37(33,34)26-11-4-18(25(32-26)14-19-13-21(28)7-10-24(19)29)16-31-38(35,36)23-3-1-2-17(12-23)15-30/h1-13,31H,14,16H2. The molecule has 0 saturated carbocycles. The van der Waals surface area contributed by atoms with Gasteiger partial charge in [0.15, 0.2) is 5.03 Å². The maximum absolute atomic E-state index is 14.4. The molecule has 1 heterocycles. The number of pyridine rings is 1. The number of benzene rings is 3. The quantitative estimate of drug-likeness (QED) is 0.324. The Morgan fingerprint density at radius 3 is 2.32 bits per heavy atom. The highest BCUT2D eigenvalue weighted by molar-refractivity contribution is 7.91. The number of rotatable bonds is 8. The first-order chi connectivity index (χ1) is 18.0. The monoisotopic (exact) mass is 573 g/mol. The first kappa shape index (κ1) is 27.3. The summed E-state index contributed by atoms with van der Waals surface area (Å²) in [6.45, 7) is -0.334. The highest BCUT2D eigenvalue weighted by atomic mass is 35.5. The van der Waals surface area contributed by atoms with E-state index in [9.17, 15) is 25.6 Å². The fourth-order valence-electron chi connectivity index (χ4n) is 3.56. The molecule has 0 atom stereocenters. The molecule has 0 aliphatic rings. The lowest BCUT2D eigenvalue weighted by molar-refractivity contribution is 0.578. The molecule has 4 aromatic rings. The molecule has 1 aromatic heterocycles. The van der Waals surface area contributed by atoms with Crippen LogP contribution in [-0.2, 0) is 32.8 Å². The summed E-state index contributed by atoms with van der Waals surface area (Å²) in [5.41, 5.74) is 0.319. The number of sulfone groups is 1. The van der Waals surface area contributed by atoms with E-state index in [0.29, 0.717) is 5.02 Å². The van der Waals surface area contributed by atoms with Crippen LogP contribution in [0.5, 0.6) is 0 Å². The molecule has 0 spiro atoms. The molecule has 0 fully saturated rings. The highest BCUT2D eigenvalue weighted by Gasteiger charge is 2.23. The number of hydrogen-bond acceptors (Lipinski definition) is 6. The summed E-state index contributed by atoms with van der Waals surface area (Å²) in [6.07, 6.45) is -0.311. The number of nitrogens with zero attached hydrogens (tertiary/aromatic N) is 2. The molecule has 0 bridgehead atoms. The molecule has 38 heavy (non-hydrogen) atoms. The molecular formula is C26H18ClF2N3O4S2. The first-order valence-electron chi connectivity index (χ1n) is 10.9. The van der Waals surface area contributed by atoms with Crippen molar-refractivity contribution in [1.82, 2.24) is 9.71 Å². The van der Waals surface area contributed by atoms with E-state index in [2.05, 4.69) is 9.71 Å². The molecule has 0 radical (unpaired) electrons. The van der Waals surface area contributed by atoms with Crippen molar-refractivity contribution < 1.29 is 25.6 Å². The van der Waals surface area contributed by atoms with Crippen molar-refractivity contribution in [3.63, 3.8) is 0 Å². The first-order valence-corrected chi connectivity index (χ1v) is 14.3. The zero-order valence-corrected chi connectivity index (χ0v) is 21.8. The number of nitriles is 1. The molecule has 0 saturated heterocycles. The second kappa shape index (κ2) is 11.0. The third kappa shape index (κ3) is 6.06. The molecule has 7 nitrogen and oxygen atoms in total. The van der Waals surface area contributed by atoms with Crippen LogP contribution in [0.4, 0.5) is 8.78 Å². The van der Waals surface area contributed by atoms with Gasteiger partial charge in [-0.25, -0.2) is 35.3 Å². The predicted octanol–water partition coefficient (Wildman–Crippen LogP) is 4.79. The van der Waals surface area contributed by atoms with Gasteiger partial charge in [0.05, 0.1) is 27.1 Å². The van der Waals surface area contributed by atoms with E-state index in [1.54, 1.807) is 0 Å². The minimum Gasteiger partial charge on any atom is -0.240 e. The molecule has 194 valence electrons. The smallest absolute Gasteiger partial charge is 0.240 e. The second-order valence-electron chi connectivity index (χ2n) is 8.09. The van der Waals surface area contributed by atoms with E-state index >= 15 is 0 Å². The second-order valence-corrected chi connectivity index (χ2v) is 12.2. The van der Waals surface area contributed by atoms with Crippen LogP contribution < -0.4 is 4.72 Å². The van der Waals surface area contributed by atoms with Crippen LogP contribution in [0.2, 0.25) is 5.02 Å². The number of aromatic nitrogens is 1. The van der Waals surface area contributed by atoms with Crippen LogP contribution in [0.25, 0.3) is 0 Å². The average Bonchev–Trinajstić information content (AvgIpc) is 2.90. The van der Waals surface area contributed by atoms with Crippen LogP contribution in [-0.4, -0.2) is 21.8 Å². The number of halogens is 3. The molecule has 12 heteroatoms. The largest absolute Gasteiger partial charge is 0.240 e. The summed E-state index contributed by atoms with van der Waals surface area (Å²) < 4.78 is 82.6. The summed E-state index contributed by atoms with van der Waals surface area (Å²) >= 11 is 5.86. The van der Waals surface area contributed by atoms with Gasteiger partial charge in [0, 0.05) is 18.0 Å². The molecular weight excluding hydrogens is 556 g/mol. The van der Waals surface area contributed by atoms with Crippen LogP contribution in [0, 0.1) is 23.0 Å². The Bertz CT molecular complexity index is 1770. The molecule has 0 aliphatic carbocycles. The van der Waals surface area contributed by atoms with Gasteiger partial charge in [-0.1, -0.05) is 23.7 Å². The van der Waals surface area contributed by atoms with Crippen LogP contribution in [0.3, 0.4) is 0 Å². The van der Waals surface area contributed by atoms with Crippen molar-refractivity contribution in [2.75, 3.05) is 0 Å².